The monoisotopic (exact) mass is 396 g/mol. The summed E-state index contributed by atoms with van der Waals surface area (Å²) < 4.78 is 11.4. The molecule has 0 aromatic heterocycles. The quantitative estimate of drug-likeness (QED) is 0.472. The maximum atomic E-state index is 12.2. The van der Waals surface area contributed by atoms with E-state index in [4.69, 9.17) is 9.47 Å². The molecule has 0 spiro atoms. The lowest BCUT2D eigenvalue weighted by Crippen LogP contribution is -2.86. The summed E-state index contributed by atoms with van der Waals surface area (Å²) in [6.45, 7) is 12.4. The lowest BCUT2D eigenvalue weighted by molar-refractivity contribution is -0.666. The van der Waals surface area contributed by atoms with E-state index in [0.717, 1.165) is 51.9 Å². The standard InChI is InChI=1S/C22H38N2O4/c1-21(2,17-9-13-23-14-10-17)27-19(25)7-5-6-8-20(26)28-22(3,4)18-11-15-24-16-12-18/h5-6,17-18,23-24H,7-16H2,1-4H3/p+2/b6-5+. The number of quaternary nitrogens is 2. The first kappa shape index (κ1) is 22.9. The Morgan fingerprint density at radius 2 is 1.07 bits per heavy atom. The Labute approximate surface area is 169 Å². The van der Waals surface area contributed by atoms with Crippen molar-refractivity contribution in [2.45, 2.75) is 77.4 Å². The van der Waals surface area contributed by atoms with Crippen LogP contribution in [-0.2, 0) is 19.1 Å². The summed E-state index contributed by atoms with van der Waals surface area (Å²) in [6.07, 6.45) is 8.14. The van der Waals surface area contributed by atoms with Gasteiger partial charge in [-0.25, -0.2) is 0 Å². The summed E-state index contributed by atoms with van der Waals surface area (Å²) in [5, 5.41) is 4.62. The molecule has 0 saturated carbocycles. The third-order valence-electron chi connectivity index (χ3n) is 6.33. The van der Waals surface area contributed by atoms with Gasteiger partial charge in [-0.2, -0.15) is 0 Å². The second-order valence-corrected chi connectivity index (χ2v) is 9.32. The van der Waals surface area contributed by atoms with Gasteiger partial charge < -0.3 is 20.1 Å². The Balaban J connectivity index is 1.70. The number of carbonyl (C=O) groups is 2. The Hall–Kier alpha value is -1.40. The van der Waals surface area contributed by atoms with Gasteiger partial charge in [-0.05, 0) is 27.7 Å². The molecular formula is C22H40N2O4+2. The van der Waals surface area contributed by atoms with Gasteiger partial charge in [0.05, 0.1) is 39.0 Å². The minimum Gasteiger partial charge on any atom is -0.459 e. The molecule has 0 bridgehead atoms. The second-order valence-electron chi connectivity index (χ2n) is 9.32. The van der Waals surface area contributed by atoms with E-state index < -0.39 is 11.2 Å². The molecule has 0 radical (unpaired) electrons. The van der Waals surface area contributed by atoms with Crippen LogP contribution < -0.4 is 10.6 Å². The fourth-order valence-electron chi connectivity index (χ4n) is 4.44. The van der Waals surface area contributed by atoms with Crippen molar-refractivity contribution in [3.05, 3.63) is 12.2 Å². The van der Waals surface area contributed by atoms with E-state index in [0.29, 0.717) is 11.8 Å². The van der Waals surface area contributed by atoms with Gasteiger partial charge in [0, 0.05) is 37.5 Å². The highest BCUT2D eigenvalue weighted by Crippen LogP contribution is 2.29. The topological polar surface area (TPSA) is 85.8 Å². The lowest BCUT2D eigenvalue weighted by atomic mass is 9.83. The predicted molar refractivity (Wildman–Crippen MR) is 107 cm³/mol. The van der Waals surface area contributed by atoms with Gasteiger partial charge in [-0.15, -0.1) is 0 Å². The molecule has 6 nitrogen and oxygen atoms in total. The number of piperidine rings is 2. The minimum atomic E-state index is -0.431. The summed E-state index contributed by atoms with van der Waals surface area (Å²) >= 11 is 0. The molecule has 2 rings (SSSR count). The van der Waals surface area contributed by atoms with Crippen molar-refractivity contribution in [3.63, 3.8) is 0 Å². The first-order valence-electron chi connectivity index (χ1n) is 10.9. The Bertz CT molecular complexity index is 497. The van der Waals surface area contributed by atoms with Crippen molar-refractivity contribution in [1.29, 1.82) is 0 Å². The summed E-state index contributed by atoms with van der Waals surface area (Å²) in [5.41, 5.74) is -0.862. The van der Waals surface area contributed by atoms with Crippen molar-refractivity contribution < 1.29 is 29.7 Å². The lowest BCUT2D eigenvalue weighted by Gasteiger charge is -2.35. The van der Waals surface area contributed by atoms with Crippen LogP contribution in [0.3, 0.4) is 0 Å². The summed E-state index contributed by atoms with van der Waals surface area (Å²) in [5.74, 6) is 0.367. The highest BCUT2D eigenvalue weighted by atomic mass is 16.6. The van der Waals surface area contributed by atoms with Gasteiger partial charge in [0.15, 0.2) is 0 Å². The van der Waals surface area contributed by atoms with Crippen LogP contribution in [0.5, 0.6) is 0 Å². The SMILES string of the molecule is CC(C)(OC(=O)C/C=C/CC(=O)OC(C)(C)C1CC[NH2+]CC1)C1CC[NH2+]CC1. The first-order valence-corrected chi connectivity index (χ1v) is 10.9. The summed E-state index contributed by atoms with van der Waals surface area (Å²) in [4.78, 5) is 24.4. The number of nitrogens with two attached hydrogens (primary N) is 2. The average molecular weight is 397 g/mol. The molecule has 2 heterocycles. The van der Waals surface area contributed by atoms with E-state index in [2.05, 4.69) is 10.6 Å². The second kappa shape index (κ2) is 10.4. The summed E-state index contributed by atoms with van der Waals surface area (Å²) in [7, 11) is 0. The van der Waals surface area contributed by atoms with E-state index in [-0.39, 0.29) is 24.8 Å². The van der Waals surface area contributed by atoms with Crippen molar-refractivity contribution in [1.82, 2.24) is 0 Å². The van der Waals surface area contributed by atoms with Crippen LogP contribution in [-0.4, -0.2) is 49.3 Å². The zero-order chi connectivity index (χ0) is 20.6. The van der Waals surface area contributed by atoms with Crippen molar-refractivity contribution in [2.75, 3.05) is 26.2 Å². The maximum Gasteiger partial charge on any atom is 0.310 e. The molecule has 2 saturated heterocycles. The number of hydrogen-bond donors (Lipinski definition) is 2. The molecule has 2 fully saturated rings. The molecule has 2 aliphatic rings. The predicted octanol–water partition coefficient (Wildman–Crippen LogP) is 0.913. The van der Waals surface area contributed by atoms with Gasteiger partial charge >= 0.3 is 11.9 Å². The smallest absolute Gasteiger partial charge is 0.310 e. The van der Waals surface area contributed by atoms with Crippen LogP contribution in [0.15, 0.2) is 12.2 Å². The number of hydrogen-bond acceptors (Lipinski definition) is 4. The number of ether oxygens (including phenoxy) is 2. The Morgan fingerprint density at radius 3 is 1.39 bits per heavy atom. The molecule has 0 atom stereocenters. The highest BCUT2D eigenvalue weighted by Gasteiger charge is 2.36. The van der Waals surface area contributed by atoms with Gasteiger partial charge in [-0.1, -0.05) is 12.2 Å². The molecule has 0 aromatic rings. The van der Waals surface area contributed by atoms with Crippen molar-refractivity contribution in [2.24, 2.45) is 11.8 Å². The van der Waals surface area contributed by atoms with Crippen molar-refractivity contribution in [3.8, 4) is 0 Å². The third-order valence-corrected chi connectivity index (χ3v) is 6.33. The van der Waals surface area contributed by atoms with E-state index in [1.54, 1.807) is 12.2 Å². The third kappa shape index (κ3) is 7.21. The molecule has 4 N–H and O–H groups in total. The Kier molecular flexibility index (Phi) is 8.50. The maximum absolute atomic E-state index is 12.2. The molecule has 0 aliphatic carbocycles. The fourth-order valence-corrected chi connectivity index (χ4v) is 4.44. The Morgan fingerprint density at radius 1 is 0.750 bits per heavy atom. The van der Waals surface area contributed by atoms with E-state index >= 15 is 0 Å². The van der Waals surface area contributed by atoms with Gasteiger partial charge in [0.25, 0.3) is 0 Å². The normalized spacial score (nSPS) is 20.3. The van der Waals surface area contributed by atoms with Crippen LogP contribution in [0.1, 0.15) is 66.2 Å². The van der Waals surface area contributed by atoms with Gasteiger partial charge in [0.1, 0.15) is 11.2 Å². The molecule has 6 heteroatoms. The van der Waals surface area contributed by atoms with Gasteiger partial charge in [0.2, 0.25) is 0 Å². The minimum absolute atomic E-state index is 0.192. The molecule has 0 aromatic carbocycles. The number of carbonyl (C=O) groups excluding carboxylic acids is 2. The van der Waals surface area contributed by atoms with E-state index in [1.165, 1.54) is 0 Å². The van der Waals surface area contributed by atoms with Crippen LogP contribution >= 0.6 is 0 Å². The van der Waals surface area contributed by atoms with Crippen molar-refractivity contribution >= 4 is 11.9 Å². The molecule has 2 aliphatic heterocycles. The molecule has 160 valence electrons. The van der Waals surface area contributed by atoms with Crippen LogP contribution in [0.25, 0.3) is 0 Å². The molecular weight excluding hydrogens is 356 g/mol. The van der Waals surface area contributed by atoms with Gasteiger partial charge in [-0.3, -0.25) is 9.59 Å². The van der Waals surface area contributed by atoms with E-state index in [9.17, 15) is 9.59 Å². The fraction of sp³-hybridized carbons (Fsp3) is 0.818. The largest absolute Gasteiger partial charge is 0.459 e. The number of rotatable bonds is 8. The average Bonchev–Trinajstić information content (AvgIpc) is 2.66. The zero-order valence-electron chi connectivity index (χ0n) is 18.2. The van der Waals surface area contributed by atoms with Crippen LogP contribution in [0.2, 0.25) is 0 Å². The summed E-state index contributed by atoms with van der Waals surface area (Å²) in [6, 6.07) is 0. The molecule has 28 heavy (non-hydrogen) atoms. The molecule has 0 amide bonds. The van der Waals surface area contributed by atoms with Crippen LogP contribution in [0.4, 0.5) is 0 Å². The molecule has 0 unspecified atom stereocenters. The zero-order valence-corrected chi connectivity index (χ0v) is 18.2. The number of esters is 2. The highest BCUT2D eigenvalue weighted by molar-refractivity contribution is 5.73. The van der Waals surface area contributed by atoms with E-state index in [1.807, 2.05) is 27.7 Å². The van der Waals surface area contributed by atoms with Crippen LogP contribution in [0, 0.1) is 11.8 Å². The first-order chi connectivity index (χ1) is 13.2.